The number of aromatic nitrogens is 4. The molecule has 2 amide bonds. The molecule has 0 bridgehead atoms. The lowest BCUT2D eigenvalue weighted by atomic mass is 10.2. The first-order valence-electron chi connectivity index (χ1n) is 8.24. The van der Waals surface area contributed by atoms with Gasteiger partial charge in [0.05, 0.1) is 5.69 Å². The van der Waals surface area contributed by atoms with Gasteiger partial charge in [0.15, 0.2) is 11.4 Å². The van der Waals surface area contributed by atoms with Crippen LogP contribution in [0.5, 0.6) is 0 Å². The average molecular weight is 368 g/mol. The SMILES string of the molecule is CCn1cc(NC(=O)c2cc(C)n(C(F)F)n2)c(C(=O)NCC(C)C)n1. The Morgan fingerprint density at radius 1 is 1.23 bits per heavy atom. The van der Waals surface area contributed by atoms with Crippen LogP contribution in [0.1, 0.15) is 54.0 Å². The molecule has 10 heteroatoms. The van der Waals surface area contributed by atoms with Crippen LogP contribution in [0.2, 0.25) is 0 Å². The molecule has 0 atom stereocenters. The largest absolute Gasteiger partial charge is 0.350 e. The van der Waals surface area contributed by atoms with Gasteiger partial charge in [0.1, 0.15) is 0 Å². The van der Waals surface area contributed by atoms with E-state index in [1.54, 1.807) is 0 Å². The Kier molecular flexibility index (Phi) is 6.06. The Morgan fingerprint density at radius 3 is 2.46 bits per heavy atom. The summed E-state index contributed by atoms with van der Waals surface area (Å²) in [6.07, 6.45) is 1.51. The first kappa shape index (κ1) is 19.5. The monoisotopic (exact) mass is 368 g/mol. The molecule has 0 radical (unpaired) electrons. The van der Waals surface area contributed by atoms with E-state index in [0.717, 1.165) is 0 Å². The molecular weight excluding hydrogens is 346 g/mol. The van der Waals surface area contributed by atoms with Gasteiger partial charge in [0.2, 0.25) is 0 Å². The number of anilines is 1. The van der Waals surface area contributed by atoms with Crippen LogP contribution in [0, 0.1) is 12.8 Å². The first-order valence-corrected chi connectivity index (χ1v) is 8.24. The minimum atomic E-state index is -2.84. The number of nitrogens with one attached hydrogen (secondary N) is 2. The third-order valence-corrected chi connectivity index (χ3v) is 3.56. The van der Waals surface area contributed by atoms with E-state index in [4.69, 9.17) is 0 Å². The maximum Gasteiger partial charge on any atom is 0.333 e. The molecule has 2 heterocycles. The number of hydrogen-bond acceptors (Lipinski definition) is 4. The topological polar surface area (TPSA) is 93.8 Å². The van der Waals surface area contributed by atoms with Crippen LogP contribution < -0.4 is 10.6 Å². The number of hydrogen-bond donors (Lipinski definition) is 2. The fourth-order valence-electron chi connectivity index (χ4n) is 2.21. The Bertz CT molecular complexity index is 797. The van der Waals surface area contributed by atoms with Crippen LogP contribution in [-0.2, 0) is 6.54 Å². The second kappa shape index (κ2) is 8.07. The van der Waals surface area contributed by atoms with Crippen LogP contribution >= 0.6 is 0 Å². The van der Waals surface area contributed by atoms with E-state index in [1.807, 2.05) is 20.8 Å². The van der Waals surface area contributed by atoms with Crippen molar-refractivity contribution in [3.8, 4) is 0 Å². The fourth-order valence-corrected chi connectivity index (χ4v) is 2.21. The minimum Gasteiger partial charge on any atom is -0.350 e. The van der Waals surface area contributed by atoms with E-state index in [-0.39, 0.29) is 28.7 Å². The Hall–Kier alpha value is -2.78. The zero-order valence-electron chi connectivity index (χ0n) is 15.1. The average Bonchev–Trinajstić information content (AvgIpc) is 3.16. The molecule has 0 aliphatic carbocycles. The fraction of sp³-hybridized carbons (Fsp3) is 0.500. The molecule has 0 aliphatic heterocycles. The van der Waals surface area contributed by atoms with Gasteiger partial charge in [-0.25, -0.2) is 4.68 Å². The molecule has 0 saturated heterocycles. The standard InChI is InChI=1S/C16H22F2N6O2/c1-5-23-8-12(13(22-23)15(26)19-7-9(2)3)20-14(25)11-6-10(4)24(21-11)16(17)18/h6,8-9,16H,5,7H2,1-4H3,(H,19,26)(H,20,25). The van der Waals surface area contributed by atoms with Gasteiger partial charge in [0.25, 0.3) is 11.8 Å². The van der Waals surface area contributed by atoms with Crippen LogP contribution in [-0.4, -0.2) is 37.9 Å². The van der Waals surface area contributed by atoms with Gasteiger partial charge >= 0.3 is 6.55 Å². The summed E-state index contributed by atoms with van der Waals surface area (Å²) in [6, 6.07) is 1.25. The van der Waals surface area contributed by atoms with Crippen LogP contribution in [0.15, 0.2) is 12.3 Å². The first-order chi connectivity index (χ1) is 12.2. The summed E-state index contributed by atoms with van der Waals surface area (Å²) < 4.78 is 27.6. The van der Waals surface area contributed by atoms with Gasteiger partial charge in [-0.15, -0.1) is 0 Å². The van der Waals surface area contributed by atoms with Crippen molar-refractivity contribution >= 4 is 17.5 Å². The van der Waals surface area contributed by atoms with E-state index in [2.05, 4.69) is 20.8 Å². The summed E-state index contributed by atoms with van der Waals surface area (Å²) in [7, 11) is 0. The molecule has 26 heavy (non-hydrogen) atoms. The quantitative estimate of drug-likeness (QED) is 0.785. The highest BCUT2D eigenvalue weighted by Gasteiger charge is 2.22. The lowest BCUT2D eigenvalue weighted by Crippen LogP contribution is -2.28. The van der Waals surface area contributed by atoms with Crippen molar-refractivity contribution in [1.82, 2.24) is 24.9 Å². The highest BCUT2D eigenvalue weighted by molar-refractivity contribution is 6.07. The summed E-state index contributed by atoms with van der Waals surface area (Å²) in [4.78, 5) is 24.6. The Balaban J connectivity index is 2.22. The van der Waals surface area contributed by atoms with Crippen LogP contribution in [0.25, 0.3) is 0 Å². The molecule has 2 N–H and O–H groups in total. The summed E-state index contributed by atoms with van der Waals surface area (Å²) >= 11 is 0. The van der Waals surface area contributed by atoms with Gasteiger partial charge in [-0.05, 0) is 25.8 Å². The zero-order chi connectivity index (χ0) is 19.4. The van der Waals surface area contributed by atoms with Gasteiger partial charge in [-0.3, -0.25) is 14.3 Å². The number of aryl methyl sites for hydroxylation is 2. The molecule has 2 rings (SSSR count). The van der Waals surface area contributed by atoms with Crippen molar-refractivity contribution in [2.75, 3.05) is 11.9 Å². The van der Waals surface area contributed by atoms with E-state index in [9.17, 15) is 18.4 Å². The summed E-state index contributed by atoms with van der Waals surface area (Å²) in [6.45, 7) is 5.29. The molecule has 8 nitrogen and oxygen atoms in total. The van der Waals surface area contributed by atoms with Crippen molar-refractivity contribution in [3.05, 3.63) is 29.3 Å². The lowest BCUT2D eigenvalue weighted by molar-refractivity contribution is 0.0540. The highest BCUT2D eigenvalue weighted by atomic mass is 19.3. The number of halogens is 2. The summed E-state index contributed by atoms with van der Waals surface area (Å²) in [5, 5.41) is 13.0. The predicted molar refractivity (Wildman–Crippen MR) is 91.2 cm³/mol. The van der Waals surface area contributed by atoms with Crippen molar-refractivity contribution in [2.45, 2.75) is 40.8 Å². The number of amides is 2. The van der Waals surface area contributed by atoms with Gasteiger partial charge in [-0.1, -0.05) is 13.8 Å². The molecule has 0 fully saturated rings. The molecule has 142 valence electrons. The highest BCUT2D eigenvalue weighted by Crippen LogP contribution is 2.17. The lowest BCUT2D eigenvalue weighted by Gasteiger charge is -2.07. The molecule has 0 saturated carbocycles. The molecule has 2 aromatic heterocycles. The third kappa shape index (κ3) is 4.44. The minimum absolute atomic E-state index is 0.0610. The van der Waals surface area contributed by atoms with Crippen molar-refractivity contribution in [2.24, 2.45) is 5.92 Å². The third-order valence-electron chi connectivity index (χ3n) is 3.56. The van der Waals surface area contributed by atoms with E-state index >= 15 is 0 Å². The maximum atomic E-state index is 12.8. The maximum absolute atomic E-state index is 12.8. The van der Waals surface area contributed by atoms with Crippen molar-refractivity contribution in [3.63, 3.8) is 0 Å². The molecule has 0 unspecified atom stereocenters. The van der Waals surface area contributed by atoms with E-state index in [1.165, 1.54) is 23.9 Å². The van der Waals surface area contributed by atoms with Crippen LogP contribution in [0.4, 0.5) is 14.5 Å². The van der Waals surface area contributed by atoms with E-state index < -0.39 is 18.4 Å². The Labute approximate surface area is 149 Å². The molecule has 0 aliphatic rings. The second-order valence-electron chi connectivity index (χ2n) is 6.20. The number of carbonyl (C=O) groups excluding carboxylic acids is 2. The van der Waals surface area contributed by atoms with Gasteiger partial charge < -0.3 is 10.6 Å². The van der Waals surface area contributed by atoms with Crippen LogP contribution in [0.3, 0.4) is 0 Å². The smallest absolute Gasteiger partial charge is 0.333 e. The Morgan fingerprint density at radius 2 is 1.92 bits per heavy atom. The molecule has 2 aromatic rings. The molecule has 0 spiro atoms. The number of carbonyl (C=O) groups is 2. The second-order valence-corrected chi connectivity index (χ2v) is 6.20. The zero-order valence-corrected chi connectivity index (χ0v) is 15.1. The number of rotatable bonds is 7. The molecular formula is C16H22F2N6O2. The van der Waals surface area contributed by atoms with E-state index in [0.29, 0.717) is 17.8 Å². The summed E-state index contributed by atoms with van der Waals surface area (Å²) in [5.74, 6) is -0.858. The molecule has 0 aromatic carbocycles. The van der Waals surface area contributed by atoms with Gasteiger partial charge in [0, 0.05) is 25.0 Å². The van der Waals surface area contributed by atoms with Crippen molar-refractivity contribution < 1.29 is 18.4 Å². The summed E-state index contributed by atoms with van der Waals surface area (Å²) in [5.41, 5.74) is 0.248. The normalized spacial score (nSPS) is 11.2. The van der Waals surface area contributed by atoms with Gasteiger partial charge in [-0.2, -0.15) is 19.0 Å². The number of alkyl halides is 2. The predicted octanol–water partition coefficient (Wildman–Crippen LogP) is 2.44. The number of nitrogens with zero attached hydrogens (tertiary/aromatic N) is 4. The van der Waals surface area contributed by atoms with Crippen molar-refractivity contribution in [1.29, 1.82) is 0 Å².